The third-order valence-corrected chi connectivity index (χ3v) is 12.8. The van der Waals surface area contributed by atoms with Crippen molar-refractivity contribution in [3.05, 3.63) is 12.2 Å². The molecular weight excluding hydrogens is 798 g/mol. The van der Waals surface area contributed by atoms with Gasteiger partial charge in [-0.25, -0.2) is 4.57 Å². The minimum Gasteiger partial charge on any atom is -0.462 e. The van der Waals surface area contributed by atoms with Gasteiger partial charge in [-0.2, -0.15) is 0 Å². The van der Waals surface area contributed by atoms with Crippen LogP contribution < -0.4 is 0 Å². The standard InChI is InChI=1S/C52H102NO8P/c1-6-8-10-12-14-16-18-20-22-24-25-26-27-29-30-32-34-36-38-40-42-44-51(54)58-48-50(49-60-62(56,57)59-47-46-53(3,4)5)61-52(55)45-43-41-39-37-35-33-31-28-23-21-19-17-15-13-11-9-7-2/h21,23,50H,6-20,22,24-49H2,1-5H3/p+1/b23-21+/t50-/m1/s1. The van der Waals surface area contributed by atoms with Crippen LogP contribution in [0.1, 0.15) is 258 Å². The molecule has 0 heterocycles. The SMILES string of the molecule is CCCCCCCC/C=C/CCCCCCCCCC(=O)O[C@H](COC(=O)CCCCCCCCCCCCCCCCCCCCCCC)COP(=O)(O)OCC[N+](C)(C)C. The topological polar surface area (TPSA) is 108 Å². The molecule has 0 amide bonds. The predicted octanol–water partition coefficient (Wildman–Crippen LogP) is 15.7. The van der Waals surface area contributed by atoms with E-state index in [0.29, 0.717) is 23.9 Å². The molecule has 0 spiro atoms. The zero-order valence-corrected chi connectivity index (χ0v) is 42.5. The molecule has 9 nitrogen and oxygen atoms in total. The molecule has 62 heavy (non-hydrogen) atoms. The molecule has 2 atom stereocenters. The fourth-order valence-electron chi connectivity index (χ4n) is 7.66. The van der Waals surface area contributed by atoms with Gasteiger partial charge in [0, 0.05) is 12.8 Å². The van der Waals surface area contributed by atoms with Gasteiger partial charge in [-0.1, -0.05) is 219 Å². The van der Waals surface area contributed by atoms with Crippen molar-refractivity contribution < 1.29 is 42.1 Å². The summed E-state index contributed by atoms with van der Waals surface area (Å²) in [4.78, 5) is 35.6. The summed E-state index contributed by atoms with van der Waals surface area (Å²) in [6, 6.07) is 0. The lowest BCUT2D eigenvalue weighted by molar-refractivity contribution is -0.870. The van der Waals surface area contributed by atoms with Gasteiger partial charge < -0.3 is 18.9 Å². The Bertz CT molecular complexity index is 1060. The minimum absolute atomic E-state index is 0.0343. The Labute approximate surface area is 384 Å². The van der Waals surface area contributed by atoms with E-state index in [1.807, 2.05) is 21.1 Å². The second-order valence-corrected chi connectivity index (χ2v) is 20.7. The van der Waals surface area contributed by atoms with Gasteiger partial charge in [0.1, 0.15) is 19.8 Å². The molecule has 0 aliphatic heterocycles. The van der Waals surface area contributed by atoms with Crippen LogP contribution in [0, 0.1) is 0 Å². The van der Waals surface area contributed by atoms with Gasteiger partial charge in [-0.15, -0.1) is 0 Å². The van der Waals surface area contributed by atoms with Gasteiger partial charge in [0.25, 0.3) is 0 Å². The van der Waals surface area contributed by atoms with Gasteiger partial charge in [-0.05, 0) is 38.5 Å². The molecule has 0 aliphatic rings. The van der Waals surface area contributed by atoms with Crippen molar-refractivity contribution in [2.24, 2.45) is 0 Å². The van der Waals surface area contributed by atoms with Crippen LogP contribution in [0.15, 0.2) is 12.2 Å². The number of hydrogen-bond donors (Lipinski definition) is 1. The summed E-state index contributed by atoms with van der Waals surface area (Å²) in [5.74, 6) is -0.787. The van der Waals surface area contributed by atoms with E-state index in [4.69, 9.17) is 18.5 Å². The van der Waals surface area contributed by atoms with E-state index >= 15 is 0 Å². The smallest absolute Gasteiger partial charge is 0.462 e. The van der Waals surface area contributed by atoms with Crippen LogP contribution in [0.25, 0.3) is 0 Å². The Morgan fingerprint density at radius 1 is 0.484 bits per heavy atom. The quantitative estimate of drug-likeness (QED) is 0.0211. The number of nitrogens with zero attached hydrogens (tertiary/aromatic N) is 1. The van der Waals surface area contributed by atoms with Gasteiger partial charge >= 0.3 is 19.8 Å². The normalized spacial score (nSPS) is 13.5. The maximum Gasteiger partial charge on any atom is 0.472 e. The number of carbonyl (C=O) groups is 2. The largest absolute Gasteiger partial charge is 0.472 e. The number of ether oxygens (including phenoxy) is 2. The van der Waals surface area contributed by atoms with Crippen LogP contribution in [0.2, 0.25) is 0 Å². The number of phosphoric acid groups is 1. The van der Waals surface area contributed by atoms with Crippen molar-refractivity contribution >= 4 is 19.8 Å². The Balaban J connectivity index is 4.19. The fourth-order valence-corrected chi connectivity index (χ4v) is 8.40. The molecule has 1 N–H and O–H groups in total. The van der Waals surface area contributed by atoms with Crippen LogP contribution in [-0.2, 0) is 32.7 Å². The molecule has 0 saturated heterocycles. The van der Waals surface area contributed by atoms with Gasteiger partial charge in [0.05, 0.1) is 27.7 Å². The van der Waals surface area contributed by atoms with E-state index in [9.17, 15) is 19.0 Å². The first kappa shape index (κ1) is 60.8. The lowest BCUT2D eigenvalue weighted by Crippen LogP contribution is -2.37. The first-order valence-corrected chi connectivity index (χ1v) is 27.9. The van der Waals surface area contributed by atoms with Gasteiger partial charge in [0.15, 0.2) is 6.10 Å². The average Bonchev–Trinajstić information content (AvgIpc) is 3.23. The number of allylic oxidation sites excluding steroid dienone is 2. The highest BCUT2D eigenvalue weighted by atomic mass is 31.2. The summed E-state index contributed by atoms with van der Waals surface area (Å²) in [6.45, 7) is 4.47. The van der Waals surface area contributed by atoms with Gasteiger partial charge in [0.2, 0.25) is 0 Å². The van der Waals surface area contributed by atoms with E-state index in [-0.39, 0.29) is 25.6 Å². The molecule has 368 valence electrons. The lowest BCUT2D eigenvalue weighted by atomic mass is 10.0. The van der Waals surface area contributed by atoms with Crippen LogP contribution in [0.5, 0.6) is 0 Å². The summed E-state index contributed by atoms with van der Waals surface area (Å²) >= 11 is 0. The van der Waals surface area contributed by atoms with Crippen molar-refractivity contribution in [1.29, 1.82) is 0 Å². The molecule has 0 rings (SSSR count). The molecule has 0 aromatic rings. The average molecular weight is 901 g/mol. The van der Waals surface area contributed by atoms with E-state index in [2.05, 4.69) is 26.0 Å². The summed E-state index contributed by atoms with van der Waals surface area (Å²) in [5.41, 5.74) is 0. The fraction of sp³-hybridized carbons (Fsp3) is 0.923. The lowest BCUT2D eigenvalue weighted by Gasteiger charge is -2.24. The van der Waals surface area contributed by atoms with E-state index in [0.717, 1.165) is 44.9 Å². The molecule has 1 unspecified atom stereocenters. The zero-order valence-electron chi connectivity index (χ0n) is 41.6. The number of unbranched alkanes of at least 4 members (excludes halogenated alkanes) is 33. The predicted molar refractivity (Wildman–Crippen MR) is 261 cm³/mol. The van der Waals surface area contributed by atoms with Crippen molar-refractivity contribution in [3.8, 4) is 0 Å². The summed E-state index contributed by atoms with van der Waals surface area (Å²) in [6.07, 6.45) is 49.8. The number of quaternary nitrogens is 1. The molecule has 10 heteroatoms. The number of phosphoric ester groups is 1. The molecular formula is C52H103NO8P+. The van der Waals surface area contributed by atoms with Gasteiger partial charge in [-0.3, -0.25) is 18.6 Å². The third kappa shape index (κ3) is 48.2. The molecule has 0 saturated carbocycles. The molecule has 0 fully saturated rings. The maximum atomic E-state index is 12.7. The highest BCUT2D eigenvalue weighted by Gasteiger charge is 2.27. The minimum atomic E-state index is -4.38. The Hall–Kier alpha value is -1.25. The van der Waals surface area contributed by atoms with Crippen LogP contribution >= 0.6 is 7.82 Å². The third-order valence-electron chi connectivity index (χ3n) is 11.8. The van der Waals surface area contributed by atoms with E-state index in [1.165, 1.54) is 180 Å². The molecule has 0 bridgehead atoms. The van der Waals surface area contributed by atoms with Crippen LogP contribution in [0.3, 0.4) is 0 Å². The Morgan fingerprint density at radius 2 is 0.823 bits per heavy atom. The maximum absolute atomic E-state index is 12.7. The van der Waals surface area contributed by atoms with Crippen molar-refractivity contribution in [2.45, 2.75) is 264 Å². The zero-order chi connectivity index (χ0) is 45.7. The van der Waals surface area contributed by atoms with Crippen molar-refractivity contribution in [2.75, 3.05) is 47.5 Å². The number of rotatable bonds is 49. The Kier molecular flexibility index (Phi) is 44.0. The van der Waals surface area contributed by atoms with Crippen LogP contribution in [0.4, 0.5) is 0 Å². The first-order valence-electron chi connectivity index (χ1n) is 26.4. The number of hydrogen-bond acceptors (Lipinski definition) is 7. The summed E-state index contributed by atoms with van der Waals surface area (Å²) < 4.78 is 34.5. The van der Waals surface area contributed by atoms with Crippen LogP contribution in [-0.4, -0.2) is 74.9 Å². The number of likely N-dealkylation sites (N-methyl/N-ethyl adjacent to an activating group) is 1. The number of esters is 2. The summed E-state index contributed by atoms with van der Waals surface area (Å²) in [5, 5.41) is 0. The molecule has 0 radical (unpaired) electrons. The number of carbonyl (C=O) groups excluding carboxylic acids is 2. The molecule has 0 aliphatic carbocycles. The first-order chi connectivity index (χ1) is 30.0. The highest BCUT2D eigenvalue weighted by Crippen LogP contribution is 2.43. The van der Waals surface area contributed by atoms with E-state index < -0.39 is 26.5 Å². The second kappa shape index (κ2) is 44.9. The Morgan fingerprint density at radius 3 is 1.19 bits per heavy atom. The van der Waals surface area contributed by atoms with Crippen molar-refractivity contribution in [1.82, 2.24) is 0 Å². The summed E-state index contributed by atoms with van der Waals surface area (Å²) in [7, 11) is 1.49. The molecule has 0 aromatic carbocycles. The molecule has 0 aromatic heterocycles. The van der Waals surface area contributed by atoms with E-state index in [1.54, 1.807) is 0 Å². The second-order valence-electron chi connectivity index (χ2n) is 19.3. The van der Waals surface area contributed by atoms with Crippen molar-refractivity contribution in [3.63, 3.8) is 0 Å². The highest BCUT2D eigenvalue weighted by molar-refractivity contribution is 7.47. The monoisotopic (exact) mass is 901 g/mol.